The Bertz CT molecular complexity index is 656. The van der Waals surface area contributed by atoms with E-state index in [1.807, 2.05) is 12.1 Å². The summed E-state index contributed by atoms with van der Waals surface area (Å²) in [6.45, 7) is 1.49. The molecule has 0 saturated carbocycles. The summed E-state index contributed by atoms with van der Waals surface area (Å²) in [5, 5.41) is 0. The summed E-state index contributed by atoms with van der Waals surface area (Å²) in [5.74, 6) is -0.0730. The molecule has 1 unspecified atom stereocenters. The largest absolute Gasteiger partial charge is 0.425 e. The van der Waals surface area contributed by atoms with Crippen LogP contribution in [-0.2, 0) is 19.1 Å². The molecule has 0 fully saturated rings. The van der Waals surface area contributed by atoms with E-state index in [0.29, 0.717) is 11.5 Å². The monoisotopic (exact) mass is 344 g/mol. The lowest BCUT2D eigenvalue weighted by molar-refractivity contribution is -0.146. The van der Waals surface area contributed by atoms with Crippen molar-refractivity contribution >= 4 is 11.9 Å². The maximum absolute atomic E-state index is 11.6. The zero-order valence-electron chi connectivity index (χ0n) is 13.9. The van der Waals surface area contributed by atoms with E-state index in [1.54, 1.807) is 55.5 Å². The van der Waals surface area contributed by atoms with E-state index in [1.165, 1.54) is 0 Å². The van der Waals surface area contributed by atoms with Crippen LogP contribution >= 0.6 is 0 Å². The first-order chi connectivity index (χ1) is 12.1. The van der Waals surface area contributed by atoms with Crippen molar-refractivity contribution in [3.8, 4) is 11.5 Å². The van der Waals surface area contributed by atoms with Crippen LogP contribution in [0.1, 0.15) is 6.92 Å². The van der Waals surface area contributed by atoms with Crippen LogP contribution in [0.25, 0.3) is 0 Å². The standard InChI is InChI=1S/C19H20O6/c1-15(23-14-19(21)25-17-10-6-3-7-11-17)12-22-13-18(20)24-16-8-4-2-5-9-16/h2-11,15H,12-14H2,1H3. The van der Waals surface area contributed by atoms with Crippen molar-refractivity contribution in [2.24, 2.45) is 0 Å². The molecule has 0 aliphatic heterocycles. The lowest BCUT2D eigenvalue weighted by Crippen LogP contribution is -2.25. The molecule has 0 aromatic heterocycles. The van der Waals surface area contributed by atoms with Crippen molar-refractivity contribution in [1.29, 1.82) is 0 Å². The van der Waals surface area contributed by atoms with E-state index < -0.39 is 11.9 Å². The van der Waals surface area contributed by atoms with Gasteiger partial charge in [0, 0.05) is 0 Å². The second-order valence-corrected chi connectivity index (χ2v) is 5.21. The Labute approximate surface area is 146 Å². The maximum atomic E-state index is 11.6. The fourth-order valence-electron chi connectivity index (χ4n) is 1.87. The summed E-state index contributed by atoms with van der Waals surface area (Å²) < 4.78 is 20.7. The Balaban J connectivity index is 1.58. The van der Waals surface area contributed by atoms with Crippen LogP contribution in [-0.4, -0.2) is 37.9 Å². The highest BCUT2D eigenvalue weighted by Crippen LogP contribution is 2.09. The van der Waals surface area contributed by atoms with Gasteiger partial charge in [-0.05, 0) is 31.2 Å². The molecule has 0 spiro atoms. The molecule has 132 valence electrons. The third-order valence-electron chi connectivity index (χ3n) is 3.01. The highest BCUT2D eigenvalue weighted by atomic mass is 16.6. The quantitative estimate of drug-likeness (QED) is 0.514. The Morgan fingerprint density at radius 3 is 1.80 bits per heavy atom. The predicted octanol–water partition coefficient (Wildman–Crippen LogP) is 2.62. The molecule has 2 aromatic rings. The molecule has 2 aromatic carbocycles. The van der Waals surface area contributed by atoms with Crippen LogP contribution < -0.4 is 9.47 Å². The molecule has 0 radical (unpaired) electrons. The Hall–Kier alpha value is -2.70. The molecule has 0 aliphatic carbocycles. The van der Waals surface area contributed by atoms with E-state index in [4.69, 9.17) is 18.9 Å². The van der Waals surface area contributed by atoms with E-state index in [-0.39, 0.29) is 25.9 Å². The number of benzene rings is 2. The molecule has 0 bridgehead atoms. The minimum atomic E-state index is -0.499. The number of hydrogen-bond donors (Lipinski definition) is 0. The maximum Gasteiger partial charge on any atom is 0.337 e. The lowest BCUT2D eigenvalue weighted by Gasteiger charge is -2.13. The summed E-state index contributed by atoms with van der Waals surface area (Å²) in [6.07, 6.45) is -0.368. The van der Waals surface area contributed by atoms with Gasteiger partial charge in [-0.15, -0.1) is 0 Å². The first-order valence-corrected chi connectivity index (χ1v) is 7.84. The molecule has 0 N–H and O–H groups in total. The lowest BCUT2D eigenvalue weighted by atomic mass is 10.3. The molecule has 1 atom stereocenters. The SMILES string of the molecule is CC(COCC(=O)Oc1ccccc1)OCC(=O)Oc1ccccc1. The predicted molar refractivity (Wildman–Crippen MR) is 90.4 cm³/mol. The fraction of sp³-hybridized carbons (Fsp3) is 0.263. The van der Waals surface area contributed by atoms with Gasteiger partial charge in [0.05, 0.1) is 12.7 Å². The molecule has 6 nitrogen and oxygen atoms in total. The number of esters is 2. The van der Waals surface area contributed by atoms with Crippen molar-refractivity contribution in [3.05, 3.63) is 60.7 Å². The smallest absolute Gasteiger partial charge is 0.337 e. The number of carbonyl (C=O) groups is 2. The van der Waals surface area contributed by atoms with Gasteiger partial charge in [-0.1, -0.05) is 36.4 Å². The van der Waals surface area contributed by atoms with Crippen LogP contribution in [0, 0.1) is 0 Å². The second kappa shape index (κ2) is 10.2. The Morgan fingerprint density at radius 1 is 0.800 bits per heavy atom. The van der Waals surface area contributed by atoms with Crippen LogP contribution in [0.2, 0.25) is 0 Å². The molecule has 25 heavy (non-hydrogen) atoms. The van der Waals surface area contributed by atoms with E-state index in [0.717, 1.165) is 0 Å². The highest BCUT2D eigenvalue weighted by Gasteiger charge is 2.11. The summed E-state index contributed by atoms with van der Waals surface area (Å²) in [7, 11) is 0. The Morgan fingerprint density at radius 2 is 1.28 bits per heavy atom. The Kier molecular flexibility index (Phi) is 7.62. The molecular weight excluding hydrogens is 324 g/mol. The molecule has 0 heterocycles. The van der Waals surface area contributed by atoms with Gasteiger partial charge < -0.3 is 18.9 Å². The van der Waals surface area contributed by atoms with E-state index in [9.17, 15) is 9.59 Å². The molecular formula is C19H20O6. The number of rotatable bonds is 9. The number of hydrogen-bond acceptors (Lipinski definition) is 6. The van der Waals surface area contributed by atoms with Crippen LogP contribution in [0.15, 0.2) is 60.7 Å². The minimum absolute atomic E-state index is 0.155. The van der Waals surface area contributed by atoms with Gasteiger partial charge in [0.15, 0.2) is 0 Å². The van der Waals surface area contributed by atoms with Gasteiger partial charge in [-0.25, -0.2) is 9.59 Å². The zero-order chi connectivity index (χ0) is 17.9. The number of para-hydroxylation sites is 2. The molecule has 0 amide bonds. The molecule has 6 heteroatoms. The highest BCUT2D eigenvalue weighted by molar-refractivity contribution is 5.74. The van der Waals surface area contributed by atoms with Crippen molar-refractivity contribution in [3.63, 3.8) is 0 Å². The van der Waals surface area contributed by atoms with Gasteiger partial charge in [0.2, 0.25) is 0 Å². The first kappa shape index (κ1) is 18.6. The van der Waals surface area contributed by atoms with Gasteiger partial charge in [0.1, 0.15) is 24.7 Å². The molecule has 2 rings (SSSR count). The van der Waals surface area contributed by atoms with Crippen LogP contribution in [0.4, 0.5) is 0 Å². The van der Waals surface area contributed by atoms with Gasteiger partial charge >= 0.3 is 11.9 Å². The average molecular weight is 344 g/mol. The third-order valence-corrected chi connectivity index (χ3v) is 3.01. The van der Waals surface area contributed by atoms with Crippen molar-refractivity contribution < 1.29 is 28.5 Å². The fourth-order valence-corrected chi connectivity index (χ4v) is 1.87. The van der Waals surface area contributed by atoms with Crippen molar-refractivity contribution in [2.75, 3.05) is 19.8 Å². The van der Waals surface area contributed by atoms with Gasteiger partial charge in [-0.3, -0.25) is 0 Å². The van der Waals surface area contributed by atoms with Crippen LogP contribution in [0.3, 0.4) is 0 Å². The summed E-state index contributed by atoms with van der Waals surface area (Å²) in [5.41, 5.74) is 0. The average Bonchev–Trinajstić information content (AvgIpc) is 2.62. The molecule has 0 saturated heterocycles. The van der Waals surface area contributed by atoms with Crippen molar-refractivity contribution in [2.45, 2.75) is 13.0 Å². The number of carbonyl (C=O) groups excluding carboxylic acids is 2. The summed E-state index contributed by atoms with van der Waals surface area (Å²) >= 11 is 0. The third kappa shape index (κ3) is 7.60. The van der Waals surface area contributed by atoms with Crippen molar-refractivity contribution in [1.82, 2.24) is 0 Å². The summed E-state index contributed by atoms with van der Waals surface area (Å²) in [4.78, 5) is 23.2. The minimum Gasteiger partial charge on any atom is -0.425 e. The van der Waals surface area contributed by atoms with Gasteiger partial charge in [-0.2, -0.15) is 0 Å². The topological polar surface area (TPSA) is 71.1 Å². The zero-order valence-corrected chi connectivity index (χ0v) is 13.9. The first-order valence-electron chi connectivity index (χ1n) is 7.84. The normalized spacial score (nSPS) is 11.6. The molecule has 0 aliphatic rings. The van der Waals surface area contributed by atoms with E-state index in [2.05, 4.69) is 0 Å². The van der Waals surface area contributed by atoms with Crippen LogP contribution in [0.5, 0.6) is 11.5 Å². The van der Waals surface area contributed by atoms with E-state index >= 15 is 0 Å². The summed E-state index contributed by atoms with van der Waals surface area (Å²) in [6, 6.07) is 17.5. The van der Waals surface area contributed by atoms with Gasteiger partial charge in [0.25, 0.3) is 0 Å². The number of ether oxygens (including phenoxy) is 4. The second-order valence-electron chi connectivity index (χ2n) is 5.21.